The summed E-state index contributed by atoms with van der Waals surface area (Å²) in [6, 6.07) is 0. The number of hydrogen-bond donors (Lipinski definition) is 0. The maximum Gasteiger partial charge on any atom is 0.205 e. The Kier molecular flexibility index (Phi) is 4.79. The molecule has 0 N–H and O–H groups in total. The fourth-order valence-electron chi connectivity index (χ4n) is 0.350. The van der Waals surface area contributed by atoms with Gasteiger partial charge in [0.15, 0.2) is 0 Å². The normalized spacial score (nSPS) is 17.9. The van der Waals surface area contributed by atoms with Gasteiger partial charge in [-0.2, -0.15) is 0 Å². The molecule has 1 atom stereocenters. The maximum atomic E-state index is 12.8. The van der Waals surface area contributed by atoms with Crippen LogP contribution in [-0.4, -0.2) is 6.20 Å². The lowest BCUT2D eigenvalue weighted by atomic mass is 10.4. The minimum Gasteiger partial charge on any atom is -0.221 e. The maximum absolute atomic E-state index is 12.8. The summed E-state index contributed by atoms with van der Waals surface area (Å²) in [6.07, 6.45) is 1.60. The number of hydrogen-bond acceptors (Lipinski definition) is 0. The van der Waals surface area contributed by atoms with Crippen LogP contribution in [0, 0.1) is 0 Å². The monoisotopic (exact) mass is 342 g/mol. The molecular weight excluding hydrogens is 333 g/mol. The van der Waals surface area contributed by atoms with E-state index in [2.05, 4.69) is 4.51 Å². The first-order valence-electron chi connectivity index (χ1n) is 2.39. The van der Waals surface area contributed by atoms with Gasteiger partial charge in [-0.25, -0.2) is 4.39 Å². The molecule has 0 aliphatic rings. The van der Waals surface area contributed by atoms with Gasteiger partial charge in [0.05, 0.1) is 0 Å². The van der Waals surface area contributed by atoms with Gasteiger partial charge < -0.3 is 0 Å². The summed E-state index contributed by atoms with van der Waals surface area (Å²) in [5.74, 6) is 0. The molecule has 0 aliphatic heterocycles. The van der Waals surface area contributed by atoms with Crippen molar-refractivity contribution in [1.82, 2.24) is 0 Å². The van der Waals surface area contributed by atoms with Crippen LogP contribution >= 0.6 is 43.3 Å². The molecule has 0 aromatic heterocycles. The van der Waals surface area contributed by atoms with Crippen LogP contribution in [0.15, 0.2) is 0 Å². The van der Waals surface area contributed by atoms with Crippen molar-refractivity contribution in [3.05, 3.63) is 0 Å². The largest absolute Gasteiger partial charge is 0.221 e. The van der Waals surface area contributed by atoms with Crippen LogP contribution in [0.25, 0.3) is 0 Å². The van der Waals surface area contributed by atoms with Crippen LogP contribution in [0.3, 0.4) is 0 Å². The molecule has 0 bridgehead atoms. The zero-order chi connectivity index (χ0) is 6.62. The summed E-state index contributed by atoms with van der Waals surface area (Å²) < 4.78 is 15.5. The molecule has 0 nitrogen and oxygen atoms in total. The van der Waals surface area contributed by atoms with Gasteiger partial charge in [-0.3, -0.25) is 0 Å². The van der Waals surface area contributed by atoms with Crippen molar-refractivity contribution in [3.8, 4) is 0 Å². The molecular formula is C5H9FI2. The summed E-state index contributed by atoms with van der Waals surface area (Å²) in [5, 5.41) is 0. The second kappa shape index (κ2) is 4.14. The van der Waals surface area contributed by atoms with Crippen LogP contribution in [-0.2, 0) is 0 Å². The highest BCUT2D eigenvalue weighted by Gasteiger charge is 2.18. The molecule has 0 radical (unpaired) electrons. The Labute approximate surface area is 73.1 Å². The average Bonchev–Trinajstić information content (AvgIpc) is 1.67. The minimum absolute atomic E-state index is 0.475. The van der Waals surface area contributed by atoms with Crippen molar-refractivity contribution < 1.29 is 4.39 Å². The first kappa shape index (κ1) is 9.26. The molecule has 1 unspecified atom stereocenters. The van der Waals surface area contributed by atoms with Gasteiger partial charge in [0.2, 0.25) is 1.68 Å². The summed E-state index contributed by atoms with van der Waals surface area (Å²) in [7, 11) is 0. The topological polar surface area (TPSA) is 0 Å². The molecule has 3 heteroatoms. The summed E-state index contributed by atoms with van der Waals surface area (Å²) in [6.45, 7) is 1.99. The van der Waals surface area contributed by atoms with Crippen LogP contribution in [0.2, 0.25) is 0 Å². The smallest absolute Gasteiger partial charge is 0.205 e. The van der Waals surface area contributed by atoms with Crippen molar-refractivity contribution in [2.24, 2.45) is 0 Å². The summed E-state index contributed by atoms with van der Waals surface area (Å²) >= 11 is 1.38. The number of alkyl halides is 3. The van der Waals surface area contributed by atoms with Gasteiger partial charge in [0, 0.05) is 0 Å². The molecule has 0 fully saturated rings. The average molecular weight is 342 g/mol. The SMILES string of the molecule is C=IC(F)(I)CCC. The lowest BCUT2D eigenvalue weighted by Crippen LogP contribution is -2.00. The fraction of sp³-hybridized carbons (Fsp3) is 0.800. The van der Waals surface area contributed by atoms with E-state index in [1.165, 1.54) is 0 Å². The summed E-state index contributed by atoms with van der Waals surface area (Å²) in [5.41, 5.74) is 0. The number of halogens is 3. The van der Waals surface area contributed by atoms with Crippen molar-refractivity contribution in [2.45, 2.75) is 21.4 Å². The van der Waals surface area contributed by atoms with E-state index in [1.54, 1.807) is 0 Å². The fourth-order valence-corrected chi connectivity index (χ4v) is 1.81. The quantitative estimate of drug-likeness (QED) is 0.546. The predicted octanol–water partition coefficient (Wildman–Crippen LogP) is 3.25. The first-order valence-corrected chi connectivity index (χ1v) is 6.08. The van der Waals surface area contributed by atoms with E-state index >= 15 is 0 Å². The summed E-state index contributed by atoms with van der Waals surface area (Å²) in [4.78, 5) is 0. The highest BCUT2D eigenvalue weighted by atomic mass is 127. The predicted molar refractivity (Wildman–Crippen MR) is 53.9 cm³/mol. The molecule has 0 rings (SSSR count). The van der Waals surface area contributed by atoms with Crippen LogP contribution in [0.5, 0.6) is 0 Å². The molecule has 8 heavy (non-hydrogen) atoms. The Bertz CT molecular complexity index is 80.5. The third-order valence-corrected chi connectivity index (χ3v) is 4.86. The molecule has 0 spiro atoms. The van der Waals surface area contributed by atoms with Gasteiger partial charge in [-0.1, -0.05) is 38.6 Å². The van der Waals surface area contributed by atoms with E-state index in [1.807, 2.05) is 29.5 Å². The van der Waals surface area contributed by atoms with Crippen molar-refractivity contribution in [1.29, 1.82) is 0 Å². The Balaban J connectivity index is 3.53. The minimum atomic E-state index is -0.939. The highest BCUT2D eigenvalue weighted by Crippen LogP contribution is 2.37. The van der Waals surface area contributed by atoms with Crippen LogP contribution < -0.4 is 0 Å². The Morgan fingerprint density at radius 3 is 2.50 bits per heavy atom. The lowest BCUT2D eigenvalue weighted by Gasteiger charge is -2.08. The molecule has 0 heterocycles. The molecule has 0 saturated carbocycles. The standard InChI is InChI=1S/C5H9FI2/c1-3-4-5(6,7)8-2/h2-4H2,1H3. The third kappa shape index (κ3) is 4.17. The molecule has 50 valence electrons. The van der Waals surface area contributed by atoms with Gasteiger partial charge in [-0.05, 0) is 29.0 Å². The van der Waals surface area contributed by atoms with Crippen LogP contribution in [0.4, 0.5) is 4.39 Å². The lowest BCUT2D eigenvalue weighted by molar-refractivity contribution is 0.427. The van der Waals surface area contributed by atoms with E-state index in [4.69, 9.17) is 0 Å². The van der Waals surface area contributed by atoms with E-state index in [0.29, 0.717) is 6.42 Å². The second-order valence-electron chi connectivity index (χ2n) is 1.50. The van der Waals surface area contributed by atoms with E-state index in [-0.39, 0.29) is 0 Å². The molecule has 0 aromatic rings. The molecule has 0 amide bonds. The van der Waals surface area contributed by atoms with Gasteiger partial charge >= 0.3 is 0 Å². The molecule has 0 saturated heterocycles. The van der Waals surface area contributed by atoms with Gasteiger partial charge in [0.25, 0.3) is 0 Å². The third-order valence-electron chi connectivity index (χ3n) is 0.729. The van der Waals surface area contributed by atoms with Crippen LogP contribution in [0.1, 0.15) is 19.8 Å². The Morgan fingerprint density at radius 2 is 2.38 bits per heavy atom. The Morgan fingerprint density at radius 1 is 1.88 bits per heavy atom. The molecule has 0 aromatic carbocycles. The van der Waals surface area contributed by atoms with E-state index in [9.17, 15) is 4.39 Å². The first-order chi connectivity index (χ1) is 3.62. The highest BCUT2D eigenvalue weighted by molar-refractivity contribution is 14.2. The van der Waals surface area contributed by atoms with Gasteiger partial charge in [-0.15, -0.1) is 0 Å². The van der Waals surface area contributed by atoms with Crippen molar-refractivity contribution in [3.63, 3.8) is 0 Å². The zero-order valence-corrected chi connectivity index (χ0v) is 9.07. The Hall–Kier alpha value is 1.26. The zero-order valence-electron chi connectivity index (χ0n) is 4.76. The van der Waals surface area contributed by atoms with Crippen molar-refractivity contribution in [2.75, 3.05) is 0 Å². The van der Waals surface area contributed by atoms with Gasteiger partial charge in [0.1, 0.15) is 0 Å². The second-order valence-corrected chi connectivity index (χ2v) is 7.75. The molecule has 0 aliphatic carbocycles. The number of rotatable bonds is 3. The van der Waals surface area contributed by atoms with E-state index < -0.39 is 22.4 Å². The van der Waals surface area contributed by atoms with E-state index in [0.717, 1.165) is 6.42 Å². The van der Waals surface area contributed by atoms with Crippen molar-refractivity contribution >= 4 is 47.8 Å².